The maximum Gasteiger partial charge on any atom is 0.345 e. The van der Waals surface area contributed by atoms with Crippen LogP contribution in [0.1, 0.15) is 10.8 Å². The van der Waals surface area contributed by atoms with E-state index < -0.39 is 5.63 Å². The van der Waals surface area contributed by atoms with Crippen LogP contribution in [-0.4, -0.2) is 4.98 Å². The summed E-state index contributed by atoms with van der Waals surface area (Å²) in [6, 6.07) is 24.2. The molecule has 178 valence electrons. The van der Waals surface area contributed by atoms with E-state index in [9.17, 15) is 10.1 Å². The standard InChI is InChI=1S/C29H14Cl2N2O3S/c30-22-6-3-7-23(31)27(22)26-11-9-18(35-26)12-17(14-32)28-33-24(15-37-28)21-13-20-19-5-2-1-4-16(19)8-10-25(20)36-29(21)34/h1-13,15H. The van der Waals surface area contributed by atoms with Crippen molar-refractivity contribution in [2.45, 2.75) is 0 Å². The zero-order valence-electron chi connectivity index (χ0n) is 18.9. The van der Waals surface area contributed by atoms with E-state index in [1.165, 1.54) is 11.3 Å². The average molecular weight is 541 g/mol. The zero-order chi connectivity index (χ0) is 25.5. The molecule has 8 heteroatoms. The highest BCUT2D eigenvalue weighted by molar-refractivity contribution is 7.11. The monoisotopic (exact) mass is 540 g/mol. The fourth-order valence-electron chi connectivity index (χ4n) is 4.15. The van der Waals surface area contributed by atoms with Crippen LogP contribution in [0.5, 0.6) is 0 Å². The molecule has 5 nitrogen and oxygen atoms in total. The largest absolute Gasteiger partial charge is 0.457 e. The van der Waals surface area contributed by atoms with Gasteiger partial charge in [-0.05, 0) is 47.2 Å². The van der Waals surface area contributed by atoms with Crippen LogP contribution in [-0.2, 0) is 0 Å². The Bertz CT molecular complexity index is 1940. The topological polar surface area (TPSA) is 80.0 Å². The normalized spacial score (nSPS) is 11.8. The number of hydrogen-bond donors (Lipinski definition) is 0. The van der Waals surface area contributed by atoms with Crippen molar-refractivity contribution in [3.8, 4) is 28.7 Å². The Morgan fingerprint density at radius 2 is 1.76 bits per heavy atom. The van der Waals surface area contributed by atoms with E-state index in [1.54, 1.807) is 53.9 Å². The summed E-state index contributed by atoms with van der Waals surface area (Å²) in [6.45, 7) is 0. The Balaban J connectivity index is 1.38. The summed E-state index contributed by atoms with van der Waals surface area (Å²) in [5, 5.41) is 15.8. The van der Waals surface area contributed by atoms with E-state index >= 15 is 0 Å². The number of nitriles is 1. The summed E-state index contributed by atoms with van der Waals surface area (Å²) in [7, 11) is 0. The lowest BCUT2D eigenvalue weighted by Gasteiger charge is -2.04. The number of halogens is 2. The number of furan rings is 1. The molecule has 0 unspecified atom stereocenters. The molecule has 6 rings (SSSR count). The molecule has 0 amide bonds. The van der Waals surface area contributed by atoms with E-state index in [4.69, 9.17) is 32.0 Å². The van der Waals surface area contributed by atoms with Gasteiger partial charge in [0.2, 0.25) is 0 Å². The number of fused-ring (bicyclic) bond motifs is 3. The van der Waals surface area contributed by atoms with Crippen LogP contribution >= 0.6 is 34.5 Å². The van der Waals surface area contributed by atoms with Crippen molar-refractivity contribution in [3.05, 3.63) is 109 Å². The molecule has 3 heterocycles. The SMILES string of the molecule is N#CC(=Cc1ccc(-c2c(Cl)cccc2Cl)o1)c1nc(-c2cc3c(ccc4ccccc43)oc2=O)cs1. The summed E-state index contributed by atoms with van der Waals surface area (Å²) < 4.78 is 11.5. The lowest BCUT2D eigenvalue weighted by Crippen LogP contribution is -2.03. The fraction of sp³-hybridized carbons (Fsp3) is 0. The number of allylic oxidation sites excluding steroid dienone is 1. The van der Waals surface area contributed by atoms with Gasteiger partial charge in [0, 0.05) is 16.8 Å². The van der Waals surface area contributed by atoms with Crippen LogP contribution in [0.3, 0.4) is 0 Å². The first-order valence-corrected chi connectivity index (χ1v) is 12.7. The lowest BCUT2D eigenvalue weighted by atomic mass is 10.0. The second-order valence-corrected chi connectivity index (χ2v) is 9.82. The molecule has 0 saturated heterocycles. The van der Waals surface area contributed by atoms with Crippen LogP contribution < -0.4 is 5.63 Å². The van der Waals surface area contributed by atoms with E-state index in [-0.39, 0.29) is 5.57 Å². The maximum atomic E-state index is 12.8. The summed E-state index contributed by atoms with van der Waals surface area (Å²) >= 11 is 13.8. The van der Waals surface area contributed by atoms with Gasteiger partial charge in [0.15, 0.2) is 0 Å². The molecule has 0 N–H and O–H groups in total. The number of hydrogen-bond acceptors (Lipinski definition) is 6. The molecule has 6 aromatic rings. The third kappa shape index (κ3) is 4.24. The minimum atomic E-state index is -0.491. The zero-order valence-corrected chi connectivity index (χ0v) is 21.2. The average Bonchev–Trinajstić information content (AvgIpc) is 3.57. The second kappa shape index (κ2) is 9.38. The minimum absolute atomic E-state index is 0.290. The van der Waals surface area contributed by atoms with Gasteiger partial charge in [-0.25, -0.2) is 9.78 Å². The molecule has 0 aliphatic carbocycles. The molecule has 0 fully saturated rings. The van der Waals surface area contributed by atoms with Crippen molar-refractivity contribution in [2.24, 2.45) is 0 Å². The molecule has 0 atom stereocenters. The van der Waals surface area contributed by atoms with Crippen molar-refractivity contribution >= 4 is 67.9 Å². The number of benzene rings is 3. The first kappa shape index (κ1) is 23.3. The molecule has 0 aliphatic heterocycles. The molecular weight excluding hydrogens is 527 g/mol. The molecule has 0 saturated carbocycles. The molecule has 3 aromatic heterocycles. The molecule has 0 bridgehead atoms. The smallest absolute Gasteiger partial charge is 0.345 e. The molecule has 3 aromatic carbocycles. The quantitative estimate of drug-likeness (QED) is 0.127. The minimum Gasteiger partial charge on any atom is -0.457 e. The first-order valence-electron chi connectivity index (χ1n) is 11.1. The van der Waals surface area contributed by atoms with Crippen molar-refractivity contribution < 1.29 is 8.83 Å². The van der Waals surface area contributed by atoms with Crippen molar-refractivity contribution in [1.29, 1.82) is 5.26 Å². The van der Waals surface area contributed by atoms with Crippen molar-refractivity contribution in [1.82, 2.24) is 4.98 Å². The summed E-state index contributed by atoms with van der Waals surface area (Å²) in [5.74, 6) is 0.927. The number of aromatic nitrogens is 1. The van der Waals surface area contributed by atoms with Gasteiger partial charge >= 0.3 is 5.63 Å². The van der Waals surface area contributed by atoms with E-state index in [2.05, 4.69) is 11.1 Å². The predicted octanol–water partition coefficient (Wildman–Crippen LogP) is 8.70. The molecule has 0 spiro atoms. The number of rotatable bonds is 4. The van der Waals surface area contributed by atoms with E-state index in [1.807, 2.05) is 30.3 Å². The van der Waals surface area contributed by atoms with Crippen LogP contribution in [0.25, 0.3) is 56.0 Å². The third-order valence-corrected chi connectivity index (χ3v) is 7.40. The second-order valence-electron chi connectivity index (χ2n) is 8.15. The number of thiazole rings is 1. The van der Waals surface area contributed by atoms with Crippen LogP contribution in [0.15, 0.2) is 91.8 Å². The highest BCUT2D eigenvalue weighted by Gasteiger charge is 2.16. The van der Waals surface area contributed by atoms with Gasteiger partial charge in [0.25, 0.3) is 0 Å². The predicted molar refractivity (Wildman–Crippen MR) is 149 cm³/mol. The van der Waals surface area contributed by atoms with Gasteiger partial charge in [0.1, 0.15) is 28.2 Å². The van der Waals surface area contributed by atoms with Crippen LogP contribution in [0.4, 0.5) is 0 Å². The molecule has 37 heavy (non-hydrogen) atoms. The third-order valence-electron chi connectivity index (χ3n) is 5.90. The molecular formula is C29H14Cl2N2O3S. The van der Waals surface area contributed by atoms with Gasteiger partial charge in [-0.15, -0.1) is 11.3 Å². The van der Waals surface area contributed by atoms with Gasteiger partial charge in [-0.3, -0.25) is 0 Å². The maximum absolute atomic E-state index is 12.8. The Morgan fingerprint density at radius 3 is 2.57 bits per heavy atom. The summed E-state index contributed by atoms with van der Waals surface area (Å²) in [5.41, 5.74) is 1.65. The first-order chi connectivity index (χ1) is 18.0. The van der Waals surface area contributed by atoms with Crippen molar-refractivity contribution in [2.75, 3.05) is 0 Å². The summed E-state index contributed by atoms with van der Waals surface area (Å²) in [4.78, 5) is 17.4. The highest BCUT2D eigenvalue weighted by Crippen LogP contribution is 2.36. The van der Waals surface area contributed by atoms with Gasteiger partial charge < -0.3 is 8.83 Å². The Hall–Kier alpha value is -4.15. The number of nitrogens with zero attached hydrogens (tertiary/aromatic N) is 2. The van der Waals surface area contributed by atoms with Gasteiger partial charge in [-0.1, -0.05) is 59.6 Å². The summed E-state index contributed by atoms with van der Waals surface area (Å²) in [6.07, 6.45) is 1.59. The molecule has 0 radical (unpaired) electrons. The Kier molecular flexibility index (Phi) is 5.90. The van der Waals surface area contributed by atoms with Crippen molar-refractivity contribution in [3.63, 3.8) is 0 Å². The van der Waals surface area contributed by atoms with E-state index in [0.29, 0.717) is 49.0 Å². The van der Waals surface area contributed by atoms with Gasteiger partial charge in [-0.2, -0.15) is 5.26 Å². The lowest BCUT2D eigenvalue weighted by molar-refractivity contribution is 0.563. The Labute approximate surface area is 224 Å². The highest BCUT2D eigenvalue weighted by atomic mass is 35.5. The van der Waals surface area contributed by atoms with E-state index in [0.717, 1.165) is 16.2 Å². The van der Waals surface area contributed by atoms with Crippen LogP contribution in [0.2, 0.25) is 10.0 Å². The fourth-order valence-corrected chi connectivity index (χ4v) is 5.52. The Morgan fingerprint density at radius 1 is 0.946 bits per heavy atom. The van der Waals surface area contributed by atoms with Crippen LogP contribution in [0, 0.1) is 11.3 Å². The molecule has 0 aliphatic rings. The van der Waals surface area contributed by atoms with Gasteiger partial charge in [0.05, 0.1) is 32.4 Å².